The summed E-state index contributed by atoms with van der Waals surface area (Å²) in [4.78, 5) is 0. The van der Waals surface area contributed by atoms with E-state index < -0.39 is 23.6 Å². The Morgan fingerprint density at radius 3 is 2.57 bits per heavy atom. The highest BCUT2D eigenvalue weighted by Gasteiger charge is 2.36. The predicted octanol–water partition coefficient (Wildman–Crippen LogP) is 2.63. The van der Waals surface area contributed by atoms with Crippen molar-refractivity contribution in [2.75, 3.05) is 7.11 Å². The van der Waals surface area contributed by atoms with Crippen LogP contribution in [0.15, 0.2) is 24.4 Å². The number of aromatic nitrogens is 2. The van der Waals surface area contributed by atoms with Gasteiger partial charge < -0.3 is 10.5 Å². The van der Waals surface area contributed by atoms with Gasteiger partial charge in [-0.05, 0) is 23.8 Å². The fraction of sp³-hybridized carbons (Fsp3) is 0.308. The Balaban J connectivity index is 2.60. The zero-order chi connectivity index (χ0) is 15.8. The number of alkyl halides is 3. The van der Waals surface area contributed by atoms with Crippen molar-refractivity contribution in [2.45, 2.75) is 12.2 Å². The minimum absolute atomic E-state index is 0.230. The van der Waals surface area contributed by atoms with Gasteiger partial charge in [0.15, 0.2) is 5.75 Å². The topological polar surface area (TPSA) is 53.1 Å². The summed E-state index contributed by atoms with van der Waals surface area (Å²) >= 11 is 0. The molecule has 8 heteroatoms. The number of benzene rings is 1. The fourth-order valence-electron chi connectivity index (χ4n) is 2.14. The van der Waals surface area contributed by atoms with Crippen LogP contribution in [0.1, 0.15) is 22.9 Å². The average molecular weight is 303 g/mol. The highest BCUT2D eigenvalue weighted by atomic mass is 19.4. The van der Waals surface area contributed by atoms with Gasteiger partial charge in [-0.25, -0.2) is 4.39 Å². The summed E-state index contributed by atoms with van der Waals surface area (Å²) in [6.45, 7) is 0. The quantitative estimate of drug-likeness (QED) is 0.887. The van der Waals surface area contributed by atoms with Crippen molar-refractivity contribution in [1.82, 2.24) is 9.78 Å². The Labute approximate surface area is 118 Å². The van der Waals surface area contributed by atoms with Crippen LogP contribution in [-0.4, -0.2) is 16.9 Å². The molecule has 1 aromatic carbocycles. The molecule has 2 rings (SSSR count). The maximum absolute atomic E-state index is 13.3. The number of ether oxygens (including phenoxy) is 1. The summed E-state index contributed by atoms with van der Waals surface area (Å²) in [6.07, 6.45) is -3.30. The van der Waals surface area contributed by atoms with Crippen LogP contribution in [0, 0.1) is 5.82 Å². The van der Waals surface area contributed by atoms with E-state index in [4.69, 9.17) is 10.5 Å². The first-order chi connectivity index (χ1) is 9.75. The summed E-state index contributed by atoms with van der Waals surface area (Å²) in [5.41, 5.74) is 4.77. The third-order valence-corrected chi connectivity index (χ3v) is 3.12. The summed E-state index contributed by atoms with van der Waals surface area (Å²) < 4.78 is 58.8. The Kier molecular flexibility index (Phi) is 3.91. The first kappa shape index (κ1) is 15.3. The molecular formula is C13H13F4N3O. The molecule has 0 aliphatic heterocycles. The Morgan fingerprint density at radius 2 is 2.00 bits per heavy atom. The van der Waals surface area contributed by atoms with Crippen molar-refractivity contribution in [3.63, 3.8) is 0 Å². The Morgan fingerprint density at radius 1 is 1.33 bits per heavy atom. The van der Waals surface area contributed by atoms with E-state index in [1.807, 2.05) is 0 Å². The first-order valence-corrected chi connectivity index (χ1v) is 5.93. The van der Waals surface area contributed by atoms with Crippen molar-refractivity contribution in [3.8, 4) is 5.75 Å². The number of rotatable bonds is 3. The molecule has 2 N–H and O–H groups in total. The second kappa shape index (κ2) is 5.36. The molecule has 0 amide bonds. The van der Waals surface area contributed by atoms with Gasteiger partial charge in [0.25, 0.3) is 0 Å². The second-order valence-electron chi connectivity index (χ2n) is 4.43. The van der Waals surface area contributed by atoms with Gasteiger partial charge in [-0.2, -0.15) is 18.3 Å². The van der Waals surface area contributed by atoms with Crippen molar-refractivity contribution >= 4 is 0 Å². The molecule has 0 aliphatic carbocycles. The van der Waals surface area contributed by atoms with E-state index in [1.54, 1.807) is 0 Å². The third kappa shape index (κ3) is 2.85. The summed E-state index contributed by atoms with van der Waals surface area (Å²) in [5.74, 6) is -0.558. The average Bonchev–Trinajstić information content (AvgIpc) is 2.77. The highest BCUT2D eigenvalue weighted by molar-refractivity contribution is 5.41. The van der Waals surface area contributed by atoms with Crippen molar-refractivity contribution < 1.29 is 22.3 Å². The molecule has 1 aromatic heterocycles. The lowest BCUT2D eigenvalue weighted by Gasteiger charge is -2.19. The van der Waals surface area contributed by atoms with Crippen LogP contribution >= 0.6 is 0 Å². The number of aryl methyl sites for hydroxylation is 1. The standard InChI is InChI=1S/C13H13F4N3O/c1-20-12(10(21-2)6-19-20)11(18)8-5-7(14)3-4-9(8)13(15,16)17/h3-6,11H,18H2,1-2H3. The molecule has 0 aliphatic rings. The van der Waals surface area contributed by atoms with E-state index >= 15 is 0 Å². The van der Waals surface area contributed by atoms with Gasteiger partial charge in [0, 0.05) is 7.05 Å². The van der Waals surface area contributed by atoms with Gasteiger partial charge in [-0.3, -0.25) is 4.68 Å². The SMILES string of the molecule is COc1cnn(C)c1C(N)c1cc(F)ccc1C(F)(F)F. The lowest BCUT2D eigenvalue weighted by atomic mass is 9.97. The van der Waals surface area contributed by atoms with E-state index in [0.29, 0.717) is 6.07 Å². The Bertz CT molecular complexity index is 651. The van der Waals surface area contributed by atoms with E-state index in [0.717, 1.165) is 12.1 Å². The number of halogens is 4. The molecule has 0 saturated heterocycles. The monoisotopic (exact) mass is 303 g/mol. The van der Waals surface area contributed by atoms with Gasteiger partial charge in [0.05, 0.1) is 24.9 Å². The summed E-state index contributed by atoms with van der Waals surface area (Å²) in [5, 5.41) is 3.88. The van der Waals surface area contributed by atoms with Crippen LogP contribution in [0.4, 0.5) is 17.6 Å². The lowest BCUT2D eigenvalue weighted by Crippen LogP contribution is -2.21. The highest BCUT2D eigenvalue weighted by Crippen LogP contribution is 2.37. The number of hydrogen-bond donors (Lipinski definition) is 1. The lowest BCUT2D eigenvalue weighted by molar-refractivity contribution is -0.138. The van der Waals surface area contributed by atoms with Gasteiger partial charge in [0.1, 0.15) is 11.5 Å². The van der Waals surface area contributed by atoms with Crippen LogP contribution in [0.25, 0.3) is 0 Å². The Hall–Kier alpha value is -2.09. The largest absolute Gasteiger partial charge is 0.493 e. The van der Waals surface area contributed by atoms with E-state index in [9.17, 15) is 17.6 Å². The minimum atomic E-state index is -4.63. The first-order valence-electron chi connectivity index (χ1n) is 5.93. The normalized spacial score (nSPS) is 13.3. The van der Waals surface area contributed by atoms with E-state index in [2.05, 4.69) is 5.10 Å². The van der Waals surface area contributed by atoms with E-state index in [1.165, 1.54) is 25.0 Å². The second-order valence-corrected chi connectivity index (χ2v) is 4.43. The molecule has 0 spiro atoms. The van der Waals surface area contributed by atoms with Crippen LogP contribution in [-0.2, 0) is 13.2 Å². The van der Waals surface area contributed by atoms with Crippen LogP contribution in [0.2, 0.25) is 0 Å². The molecule has 114 valence electrons. The maximum atomic E-state index is 13.3. The maximum Gasteiger partial charge on any atom is 0.416 e. The molecule has 21 heavy (non-hydrogen) atoms. The van der Waals surface area contributed by atoms with Gasteiger partial charge in [-0.1, -0.05) is 0 Å². The molecule has 1 atom stereocenters. The smallest absolute Gasteiger partial charge is 0.416 e. The molecule has 0 saturated carbocycles. The summed E-state index contributed by atoms with van der Waals surface area (Å²) in [6, 6.07) is 0.979. The number of methoxy groups -OCH3 is 1. The molecule has 4 nitrogen and oxygen atoms in total. The molecule has 0 radical (unpaired) electrons. The number of nitrogens with two attached hydrogens (primary N) is 1. The van der Waals surface area contributed by atoms with Crippen molar-refractivity contribution in [3.05, 3.63) is 47.0 Å². The van der Waals surface area contributed by atoms with Crippen LogP contribution in [0.3, 0.4) is 0 Å². The molecule has 1 heterocycles. The zero-order valence-electron chi connectivity index (χ0n) is 11.3. The van der Waals surface area contributed by atoms with Crippen LogP contribution < -0.4 is 10.5 Å². The molecular weight excluding hydrogens is 290 g/mol. The van der Waals surface area contributed by atoms with Crippen LogP contribution in [0.5, 0.6) is 5.75 Å². The molecule has 0 bridgehead atoms. The zero-order valence-corrected chi connectivity index (χ0v) is 11.3. The van der Waals surface area contributed by atoms with Crippen molar-refractivity contribution in [2.24, 2.45) is 12.8 Å². The number of nitrogens with zero attached hydrogens (tertiary/aromatic N) is 2. The molecule has 1 unspecified atom stereocenters. The van der Waals surface area contributed by atoms with Crippen molar-refractivity contribution in [1.29, 1.82) is 0 Å². The molecule has 2 aromatic rings. The minimum Gasteiger partial charge on any atom is -0.493 e. The fourth-order valence-corrected chi connectivity index (χ4v) is 2.14. The number of hydrogen-bond acceptors (Lipinski definition) is 3. The van der Waals surface area contributed by atoms with E-state index in [-0.39, 0.29) is 17.0 Å². The van der Waals surface area contributed by atoms with Gasteiger partial charge in [0.2, 0.25) is 0 Å². The third-order valence-electron chi connectivity index (χ3n) is 3.12. The predicted molar refractivity (Wildman–Crippen MR) is 67.2 cm³/mol. The van der Waals surface area contributed by atoms with Gasteiger partial charge in [-0.15, -0.1) is 0 Å². The molecule has 0 fully saturated rings. The van der Waals surface area contributed by atoms with Gasteiger partial charge >= 0.3 is 6.18 Å². The summed E-state index contributed by atoms with van der Waals surface area (Å²) in [7, 11) is 2.87.